The van der Waals surface area contributed by atoms with E-state index >= 15 is 0 Å². The lowest BCUT2D eigenvalue weighted by atomic mass is 10.2. The van der Waals surface area contributed by atoms with E-state index in [0.717, 1.165) is 16.4 Å². The minimum absolute atomic E-state index is 0.0163. The van der Waals surface area contributed by atoms with Crippen molar-refractivity contribution in [1.82, 2.24) is 4.31 Å². The summed E-state index contributed by atoms with van der Waals surface area (Å²) in [5, 5.41) is 7.07. The van der Waals surface area contributed by atoms with Crippen molar-refractivity contribution in [3.05, 3.63) is 29.6 Å². The molecule has 0 spiro atoms. The third-order valence-electron chi connectivity index (χ3n) is 2.22. The maximum absolute atomic E-state index is 12.9. The molecule has 1 rings (SSSR count). The zero-order valence-corrected chi connectivity index (χ0v) is 10.4. The van der Waals surface area contributed by atoms with Crippen LogP contribution in [0.5, 0.6) is 0 Å². The van der Waals surface area contributed by atoms with Gasteiger partial charge in [0.05, 0.1) is 11.4 Å². The van der Waals surface area contributed by atoms with Crippen molar-refractivity contribution in [3.63, 3.8) is 0 Å². The standard InChI is InChI=1S/C10H14FN3O2S/c1-7-5-8(11)3-4-9(7)17(15,16)14(2)6-10(12)13/h3-5H,6H2,1-2H3,(H3,12,13). The van der Waals surface area contributed by atoms with Crippen molar-refractivity contribution in [2.24, 2.45) is 5.73 Å². The van der Waals surface area contributed by atoms with Gasteiger partial charge in [-0.3, -0.25) is 5.41 Å². The molecule has 0 aliphatic carbocycles. The highest BCUT2D eigenvalue weighted by Crippen LogP contribution is 2.19. The third-order valence-corrected chi connectivity index (χ3v) is 4.18. The molecule has 0 amide bonds. The van der Waals surface area contributed by atoms with E-state index in [1.54, 1.807) is 0 Å². The van der Waals surface area contributed by atoms with Crippen molar-refractivity contribution in [2.45, 2.75) is 11.8 Å². The average Bonchev–Trinajstić information content (AvgIpc) is 2.15. The van der Waals surface area contributed by atoms with Gasteiger partial charge >= 0.3 is 0 Å². The van der Waals surface area contributed by atoms with Crippen LogP contribution in [0, 0.1) is 18.2 Å². The van der Waals surface area contributed by atoms with Gasteiger partial charge in [0.1, 0.15) is 11.7 Å². The van der Waals surface area contributed by atoms with Crippen LogP contribution in [0.2, 0.25) is 0 Å². The molecule has 0 aliphatic rings. The topological polar surface area (TPSA) is 87.2 Å². The molecular formula is C10H14FN3O2S. The first kappa shape index (κ1) is 13.6. The monoisotopic (exact) mass is 259 g/mol. The fraction of sp³-hybridized carbons (Fsp3) is 0.300. The summed E-state index contributed by atoms with van der Waals surface area (Å²) in [6.45, 7) is 1.32. The highest BCUT2D eigenvalue weighted by atomic mass is 32.2. The van der Waals surface area contributed by atoms with Crippen LogP contribution >= 0.6 is 0 Å². The van der Waals surface area contributed by atoms with Crippen molar-refractivity contribution < 1.29 is 12.8 Å². The molecule has 17 heavy (non-hydrogen) atoms. The molecule has 0 saturated carbocycles. The SMILES string of the molecule is Cc1cc(F)ccc1S(=O)(=O)N(C)CC(=N)N. The molecule has 0 unspecified atom stereocenters. The predicted octanol–water partition coefficient (Wildman–Crippen LogP) is 0.691. The second-order valence-electron chi connectivity index (χ2n) is 3.70. The molecule has 0 fully saturated rings. The van der Waals surface area contributed by atoms with Gasteiger partial charge in [-0.25, -0.2) is 12.8 Å². The molecular weight excluding hydrogens is 245 g/mol. The van der Waals surface area contributed by atoms with Gasteiger partial charge < -0.3 is 5.73 Å². The maximum atomic E-state index is 12.9. The van der Waals surface area contributed by atoms with Crippen molar-refractivity contribution in [1.29, 1.82) is 5.41 Å². The van der Waals surface area contributed by atoms with Crippen LogP contribution < -0.4 is 5.73 Å². The van der Waals surface area contributed by atoms with Crippen LogP contribution in [0.25, 0.3) is 0 Å². The molecule has 5 nitrogen and oxygen atoms in total. The molecule has 1 aromatic carbocycles. The average molecular weight is 259 g/mol. The van der Waals surface area contributed by atoms with E-state index in [1.165, 1.54) is 20.0 Å². The number of hydrogen-bond donors (Lipinski definition) is 2. The molecule has 0 bridgehead atoms. The van der Waals surface area contributed by atoms with E-state index in [9.17, 15) is 12.8 Å². The first-order valence-corrected chi connectivity index (χ1v) is 6.24. The quantitative estimate of drug-likeness (QED) is 0.616. The van der Waals surface area contributed by atoms with Gasteiger partial charge in [-0.15, -0.1) is 0 Å². The van der Waals surface area contributed by atoms with E-state index in [1.807, 2.05) is 0 Å². The Hall–Kier alpha value is -1.47. The normalized spacial score (nSPS) is 11.8. The number of nitrogens with one attached hydrogen (secondary N) is 1. The Morgan fingerprint density at radius 3 is 2.59 bits per heavy atom. The first-order valence-electron chi connectivity index (χ1n) is 4.80. The molecule has 1 aromatic rings. The minimum atomic E-state index is -3.74. The highest BCUT2D eigenvalue weighted by Gasteiger charge is 2.23. The van der Waals surface area contributed by atoms with Gasteiger partial charge in [-0.05, 0) is 30.7 Å². The van der Waals surface area contributed by atoms with Gasteiger partial charge in [0, 0.05) is 7.05 Å². The molecule has 0 radical (unpaired) electrons. The summed E-state index contributed by atoms with van der Waals surface area (Å²) >= 11 is 0. The number of nitrogens with two attached hydrogens (primary N) is 1. The smallest absolute Gasteiger partial charge is 0.243 e. The minimum Gasteiger partial charge on any atom is -0.387 e. The fourth-order valence-corrected chi connectivity index (χ4v) is 2.75. The Morgan fingerprint density at radius 2 is 2.12 bits per heavy atom. The number of benzene rings is 1. The molecule has 0 aliphatic heterocycles. The summed E-state index contributed by atoms with van der Waals surface area (Å²) in [4.78, 5) is 0.0163. The molecule has 94 valence electrons. The number of halogens is 1. The molecule has 0 atom stereocenters. The summed E-state index contributed by atoms with van der Waals surface area (Å²) in [6, 6.07) is 3.44. The Bertz CT molecular complexity index is 542. The number of nitrogens with zero attached hydrogens (tertiary/aromatic N) is 1. The molecule has 0 aromatic heterocycles. The second kappa shape index (κ2) is 4.80. The number of amidine groups is 1. The van der Waals surface area contributed by atoms with Gasteiger partial charge in [0.2, 0.25) is 10.0 Å². The first-order chi connectivity index (χ1) is 7.75. The summed E-state index contributed by atoms with van der Waals surface area (Å²) in [6.07, 6.45) is 0. The Labute approximate surface area is 99.6 Å². The Balaban J connectivity index is 3.17. The number of rotatable bonds is 4. The second-order valence-corrected chi connectivity index (χ2v) is 5.71. The van der Waals surface area contributed by atoms with E-state index in [0.29, 0.717) is 5.56 Å². The van der Waals surface area contributed by atoms with Crippen LogP contribution in [0.1, 0.15) is 5.56 Å². The third kappa shape index (κ3) is 3.01. The zero-order valence-electron chi connectivity index (χ0n) is 9.57. The Morgan fingerprint density at radius 1 is 1.53 bits per heavy atom. The zero-order chi connectivity index (χ0) is 13.2. The number of likely N-dealkylation sites (N-methyl/N-ethyl adjacent to an activating group) is 1. The summed E-state index contributed by atoms with van der Waals surface area (Å²) in [7, 11) is -2.42. The fourth-order valence-electron chi connectivity index (χ4n) is 1.39. The molecule has 0 saturated heterocycles. The van der Waals surface area contributed by atoms with E-state index in [4.69, 9.17) is 11.1 Å². The summed E-state index contributed by atoms with van der Waals surface area (Å²) in [5.41, 5.74) is 5.47. The van der Waals surface area contributed by atoms with Gasteiger partial charge in [0.25, 0.3) is 0 Å². The van der Waals surface area contributed by atoms with Crippen molar-refractivity contribution in [3.8, 4) is 0 Å². The number of aryl methyl sites for hydroxylation is 1. The van der Waals surface area contributed by atoms with Crippen LogP contribution in [-0.2, 0) is 10.0 Å². The van der Waals surface area contributed by atoms with Crippen LogP contribution in [0.3, 0.4) is 0 Å². The largest absolute Gasteiger partial charge is 0.387 e. The van der Waals surface area contributed by atoms with Gasteiger partial charge in [0.15, 0.2) is 0 Å². The van der Waals surface area contributed by atoms with Gasteiger partial charge in [-0.2, -0.15) is 4.31 Å². The van der Waals surface area contributed by atoms with Crippen molar-refractivity contribution >= 4 is 15.9 Å². The van der Waals surface area contributed by atoms with Crippen LogP contribution in [-0.4, -0.2) is 32.2 Å². The van der Waals surface area contributed by atoms with Crippen LogP contribution in [0.4, 0.5) is 4.39 Å². The number of hydrogen-bond acceptors (Lipinski definition) is 3. The number of sulfonamides is 1. The molecule has 3 N–H and O–H groups in total. The summed E-state index contributed by atoms with van der Waals surface area (Å²) < 4.78 is 37.9. The molecule has 0 heterocycles. The summed E-state index contributed by atoms with van der Waals surface area (Å²) in [5.74, 6) is -0.744. The lowest BCUT2D eigenvalue weighted by Crippen LogP contribution is -2.35. The molecule has 7 heteroatoms. The Kier molecular flexibility index (Phi) is 3.84. The van der Waals surface area contributed by atoms with E-state index in [2.05, 4.69) is 0 Å². The maximum Gasteiger partial charge on any atom is 0.243 e. The predicted molar refractivity (Wildman–Crippen MR) is 62.9 cm³/mol. The van der Waals surface area contributed by atoms with Crippen LogP contribution in [0.15, 0.2) is 23.1 Å². The lowest BCUT2D eigenvalue weighted by molar-refractivity contribution is 0.503. The highest BCUT2D eigenvalue weighted by molar-refractivity contribution is 7.89. The van der Waals surface area contributed by atoms with Crippen molar-refractivity contribution in [2.75, 3.05) is 13.6 Å². The van der Waals surface area contributed by atoms with E-state index in [-0.39, 0.29) is 17.3 Å². The van der Waals surface area contributed by atoms with Gasteiger partial charge in [-0.1, -0.05) is 0 Å². The van der Waals surface area contributed by atoms with E-state index < -0.39 is 15.8 Å². The lowest BCUT2D eigenvalue weighted by Gasteiger charge is -2.17.